The van der Waals surface area contributed by atoms with Gasteiger partial charge >= 0.3 is 0 Å². The number of hydrogen-bond donors (Lipinski definition) is 12. The van der Waals surface area contributed by atoms with Crippen molar-refractivity contribution in [1.82, 2.24) is 20.9 Å². The van der Waals surface area contributed by atoms with Crippen LogP contribution < -0.4 is 16.0 Å². The Morgan fingerprint density at radius 3 is 1.14 bits per heavy atom. The Balaban J connectivity index is 1.43. The molecule has 0 radical (unpaired) electrons. The lowest BCUT2D eigenvalue weighted by atomic mass is 9.92. The fourth-order valence-electron chi connectivity index (χ4n) is 10.2. The number of nitrogens with one attached hydrogen (secondary N) is 3. The van der Waals surface area contributed by atoms with E-state index in [1.54, 1.807) is 25.7 Å². The number of rotatable bonds is 44. The molecule has 0 spiro atoms. The summed E-state index contributed by atoms with van der Waals surface area (Å²) >= 11 is 0. The van der Waals surface area contributed by atoms with Crippen LogP contribution in [0.2, 0.25) is 0 Å². The molecule has 3 rings (SSSR count). The van der Waals surface area contributed by atoms with Crippen LogP contribution in [0.5, 0.6) is 0 Å². The van der Waals surface area contributed by atoms with Crippen molar-refractivity contribution in [3.8, 4) is 0 Å². The van der Waals surface area contributed by atoms with Crippen LogP contribution in [0.15, 0.2) is 0 Å². The van der Waals surface area contributed by atoms with Gasteiger partial charge in [-0.25, -0.2) is 0 Å². The number of amides is 3. The molecule has 0 aromatic heterocycles. The Morgan fingerprint density at radius 2 is 0.771 bits per heavy atom. The van der Waals surface area contributed by atoms with E-state index in [0.29, 0.717) is 116 Å². The molecule has 0 aliphatic carbocycles. The SMILES string of the molecule is CC(C)CC(C(=O)NCCCCC(=O)CCCCOC1OC(CO)C(O)C(O)C1C)N(CC(=O)CCCCNC(=O)CCCCOC1OC(CO)C(O)C(O)C1C)CC(=O)NCCCCC(=O)CCCCOC1OC(CO)C(O)C(O)C1C. The van der Waals surface area contributed by atoms with Gasteiger partial charge in [-0.1, -0.05) is 34.6 Å². The Kier molecular flexibility index (Phi) is 36.6. The fourth-order valence-corrected chi connectivity index (χ4v) is 10.2. The number of aliphatic hydroxyl groups is 9. The van der Waals surface area contributed by atoms with Crippen molar-refractivity contribution < 1.29 is 103 Å². The second kappa shape index (κ2) is 41.0. The van der Waals surface area contributed by atoms with Crippen LogP contribution in [0.4, 0.5) is 0 Å². The van der Waals surface area contributed by atoms with Crippen LogP contribution in [0.1, 0.15) is 157 Å². The zero-order valence-electron chi connectivity index (χ0n) is 49.9. The minimum Gasteiger partial charge on any atom is -0.394 e. The molecule has 3 amide bonds. The molecule has 16 atom stereocenters. The molecular formula is C58H104N4O21. The van der Waals surface area contributed by atoms with Gasteiger partial charge in [0, 0.05) is 95.7 Å². The molecule has 83 heavy (non-hydrogen) atoms. The predicted octanol–water partition coefficient (Wildman–Crippen LogP) is 0.0559. The van der Waals surface area contributed by atoms with Crippen molar-refractivity contribution in [3.63, 3.8) is 0 Å². The number of carbonyl (C=O) groups is 6. The number of nitrogens with zero attached hydrogens (tertiary/aromatic N) is 1. The molecule has 3 saturated heterocycles. The first kappa shape index (κ1) is 74.0. The normalized spacial score (nSPS) is 28.7. The van der Waals surface area contributed by atoms with Gasteiger partial charge in [0.05, 0.1) is 57.3 Å². The first-order valence-corrected chi connectivity index (χ1v) is 30.5. The molecule has 16 unspecified atom stereocenters. The summed E-state index contributed by atoms with van der Waals surface area (Å²) in [5, 5.41) is 98.0. The standard InChI is InChI=1S/C58H104N4O21/c1-36(2)30-43(55(77)61-26-14-7-19-41(67)21-10-16-28-79-57-38(4)50(72)53(75)45(34-64)82-57)62(31-42(68)22-8-13-24-59-47(69)23-11-17-29-80-58-39(5)51(73)54(76)46(35-65)83-58)32-48(70)60-25-12-6-18-40(66)20-9-15-27-78-56-37(3)49(71)52(74)44(33-63)81-56/h36-39,43-46,49-54,56-58,63-65,71-76H,6-35H2,1-5H3,(H,59,69)(H,60,70)(H,61,77). The maximum Gasteiger partial charge on any atom is 0.237 e. The van der Waals surface area contributed by atoms with E-state index >= 15 is 0 Å². The van der Waals surface area contributed by atoms with Gasteiger partial charge < -0.3 is 90.3 Å². The van der Waals surface area contributed by atoms with Gasteiger partial charge in [-0.15, -0.1) is 0 Å². The van der Waals surface area contributed by atoms with Crippen LogP contribution in [0.3, 0.4) is 0 Å². The van der Waals surface area contributed by atoms with Gasteiger partial charge in [0.15, 0.2) is 18.9 Å². The van der Waals surface area contributed by atoms with Crippen molar-refractivity contribution >= 4 is 35.1 Å². The third-order valence-electron chi connectivity index (χ3n) is 15.7. The number of Topliss-reactive ketones (excluding diaryl/α,β-unsaturated/α-hetero) is 3. The van der Waals surface area contributed by atoms with E-state index in [0.717, 1.165) is 0 Å². The highest BCUT2D eigenvalue weighted by Gasteiger charge is 2.45. The van der Waals surface area contributed by atoms with E-state index in [1.165, 1.54) is 0 Å². The molecule has 3 aliphatic heterocycles. The summed E-state index contributed by atoms with van der Waals surface area (Å²) in [5.41, 5.74) is 0. The van der Waals surface area contributed by atoms with Gasteiger partial charge in [0.1, 0.15) is 54.0 Å². The highest BCUT2D eigenvalue weighted by molar-refractivity contribution is 5.86. The number of hydrogen-bond acceptors (Lipinski definition) is 22. The Labute approximate surface area is 490 Å². The average molecular weight is 1190 g/mol. The number of ether oxygens (including phenoxy) is 6. The van der Waals surface area contributed by atoms with Crippen LogP contribution in [-0.4, -0.2) is 238 Å². The molecule has 3 fully saturated rings. The molecule has 0 bridgehead atoms. The number of aliphatic hydroxyl groups excluding tert-OH is 9. The highest BCUT2D eigenvalue weighted by Crippen LogP contribution is 2.29. The van der Waals surface area contributed by atoms with E-state index in [9.17, 15) is 74.7 Å². The van der Waals surface area contributed by atoms with Gasteiger partial charge in [0.25, 0.3) is 0 Å². The third kappa shape index (κ3) is 27.2. The van der Waals surface area contributed by atoms with Crippen molar-refractivity contribution in [1.29, 1.82) is 0 Å². The smallest absolute Gasteiger partial charge is 0.237 e. The van der Waals surface area contributed by atoms with Crippen molar-refractivity contribution in [2.75, 3.05) is 72.4 Å². The second-order valence-corrected chi connectivity index (χ2v) is 23.2. The summed E-state index contributed by atoms with van der Waals surface area (Å²) in [7, 11) is 0. The Morgan fingerprint density at radius 1 is 0.434 bits per heavy atom. The second-order valence-electron chi connectivity index (χ2n) is 23.2. The largest absolute Gasteiger partial charge is 0.394 e. The van der Waals surface area contributed by atoms with E-state index in [4.69, 9.17) is 28.4 Å². The lowest BCUT2D eigenvalue weighted by molar-refractivity contribution is -0.282. The van der Waals surface area contributed by atoms with Crippen LogP contribution in [0.25, 0.3) is 0 Å². The molecule has 12 N–H and O–H groups in total. The summed E-state index contributed by atoms with van der Waals surface area (Å²) in [6, 6.07) is -0.822. The summed E-state index contributed by atoms with van der Waals surface area (Å²) in [6.45, 7) is 8.82. The fraction of sp³-hybridized carbons (Fsp3) is 0.897. The minimum atomic E-state index is -1.22. The monoisotopic (exact) mass is 1190 g/mol. The molecule has 0 saturated carbocycles. The molecule has 0 aromatic carbocycles. The zero-order valence-corrected chi connectivity index (χ0v) is 49.9. The van der Waals surface area contributed by atoms with Gasteiger partial charge in [-0.05, 0) is 89.4 Å². The average Bonchev–Trinajstić information content (AvgIpc) is 3.64. The van der Waals surface area contributed by atoms with Gasteiger partial charge in [-0.2, -0.15) is 0 Å². The van der Waals surface area contributed by atoms with E-state index in [1.807, 2.05) is 13.8 Å². The number of unbranched alkanes of at least 4 members (excludes halogenated alkanes) is 6. The minimum absolute atomic E-state index is 0.0164. The zero-order chi connectivity index (χ0) is 61.4. The lowest BCUT2D eigenvalue weighted by Crippen LogP contribution is -2.55. The Bertz CT molecular complexity index is 1780. The molecule has 482 valence electrons. The maximum atomic E-state index is 13.9. The van der Waals surface area contributed by atoms with Crippen molar-refractivity contribution in [2.45, 2.75) is 236 Å². The topological polar surface area (TPSA) is 379 Å². The predicted molar refractivity (Wildman–Crippen MR) is 301 cm³/mol. The van der Waals surface area contributed by atoms with Crippen LogP contribution in [-0.2, 0) is 57.2 Å². The molecule has 3 heterocycles. The lowest BCUT2D eigenvalue weighted by Gasteiger charge is -2.40. The maximum absolute atomic E-state index is 13.9. The van der Waals surface area contributed by atoms with E-state index in [-0.39, 0.29) is 99.8 Å². The first-order chi connectivity index (χ1) is 39.6. The van der Waals surface area contributed by atoms with Crippen LogP contribution >= 0.6 is 0 Å². The molecule has 0 aromatic rings. The molecule has 25 nitrogen and oxygen atoms in total. The summed E-state index contributed by atoms with van der Waals surface area (Å²) < 4.78 is 34.0. The summed E-state index contributed by atoms with van der Waals surface area (Å²) in [6.07, 6.45) is -3.82. The third-order valence-corrected chi connectivity index (χ3v) is 15.7. The molecule has 25 heteroatoms. The summed E-state index contributed by atoms with van der Waals surface area (Å²) in [4.78, 5) is 80.5. The van der Waals surface area contributed by atoms with Gasteiger partial charge in [0.2, 0.25) is 17.7 Å². The summed E-state index contributed by atoms with van der Waals surface area (Å²) in [5.74, 6) is -2.47. The highest BCUT2D eigenvalue weighted by atomic mass is 16.7. The number of ketones is 3. The van der Waals surface area contributed by atoms with E-state index in [2.05, 4.69) is 16.0 Å². The Hall–Kier alpha value is -3.22. The van der Waals surface area contributed by atoms with E-state index < -0.39 is 117 Å². The van der Waals surface area contributed by atoms with Crippen LogP contribution in [0, 0.1) is 23.7 Å². The van der Waals surface area contributed by atoms with Crippen molar-refractivity contribution in [3.05, 3.63) is 0 Å². The quantitative estimate of drug-likeness (QED) is 0.0359. The molecule has 3 aliphatic rings. The van der Waals surface area contributed by atoms with Crippen molar-refractivity contribution in [2.24, 2.45) is 23.7 Å². The van der Waals surface area contributed by atoms with Gasteiger partial charge in [-0.3, -0.25) is 33.7 Å². The first-order valence-electron chi connectivity index (χ1n) is 30.5. The molecular weight excluding hydrogens is 1090 g/mol. The number of carbonyl (C=O) groups excluding carboxylic acids is 6.